The summed E-state index contributed by atoms with van der Waals surface area (Å²) >= 11 is 8.12. The number of hydrogen-bond acceptors (Lipinski definition) is 6. The first kappa shape index (κ1) is 21.6. The molecule has 0 aliphatic carbocycles. The Hall–Kier alpha value is -0.440. The van der Waals surface area contributed by atoms with E-state index in [0.29, 0.717) is 57.1 Å². The number of carbonyl (C=O) groups is 2. The third-order valence-electron chi connectivity index (χ3n) is 3.11. The van der Waals surface area contributed by atoms with E-state index in [1.807, 2.05) is 0 Å². The third kappa shape index (κ3) is 13.2. The molecule has 6 nitrogen and oxygen atoms in total. The molecule has 0 heterocycles. The monoisotopic (exact) mass is 350 g/mol. The normalized spacial score (nSPS) is 10.7. The van der Waals surface area contributed by atoms with Crippen molar-refractivity contribution < 1.29 is 9.59 Å². The fraction of sp³-hybridized carbons (Fsp3) is 0.857. The molecule has 0 spiro atoms. The summed E-state index contributed by atoms with van der Waals surface area (Å²) in [7, 11) is 0. The first-order chi connectivity index (χ1) is 10.6. The van der Waals surface area contributed by atoms with Crippen LogP contribution in [0.2, 0.25) is 0 Å². The molecule has 0 aromatic carbocycles. The lowest BCUT2D eigenvalue weighted by Gasteiger charge is -2.21. The molecule has 0 fully saturated rings. The Morgan fingerprint density at radius 3 is 1.77 bits per heavy atom. The van der Waals surface area contributed by atoms with Gasteiger partial charge in [-0.15, -0.1) is 0 Å². The Labute approximate surface area is 144 Å². The minimum Gasteiger partial charge on any atom is -0.355 e. The van der Waals surface area contributed by atoms with Crippen molar-refractivity contribution in [2.45, 2.75) is 25.7 Å². The minimum absolute atomic E-state index is 0.0254. The maximum Gasteiger partial charge on any atom is 0.221 e. The molecule has 0 unspecified atom stereocenters. The lowest BCUT2D eigenvalue weighted by Crippen LogP contribution is -2.35. The zero-order chi connectivity index (χ0) is 16.6. The third-order valence-corrected chi connectivity index (χ3v) is 3.55. The highest BCUT2D eigenvalue weighted by Gasteiger charge is 2.10. The highest BCUT2D eigenvalue weighted by atomic mass is 32.1. The summed E-state index contributed by atoms with van der Waals surface area (Å²) < 4.78 is 0. The van der Waals surface area contributed by atoms with Gasteiger partial charge in [-0.25, -0.2) is 0 Å². The Morgan fingerprint density at radius 2 is 1.36 bits per heavy atom. The van der Waals surface area contributed by atoms with Crippen molar-refractivity contribution in [1.82, 2.24) is 15.5 Å². The summed E-state index contributed by atoms with van der Waals surface area (Å²) in [6, 6.07) is 0. The molecule has 0 aliphatic rings. The predicted molar refractivity (Wildman–Crippen MR) is 97.7 cm³/mol. The molecule has 0 bridgehead atoms. The van der Waals surface area contributed by atoms with Crippen molar-refractivity contribution in [2.24, 2.45) is 5.73 Å². The van der Waals surface area contributed by atoms with Gasteiger partial charge in [0.2, 0.25) is 11.8 Å². The molecule has 4 N–H and O–H groups in total. The van der Waals surface area contributed by atoms with E-state index in [-0.39, 0.29) is 11.8 Å². The van der Waals surface area contributed by atoms with Crippen LogP contribution < -0.4 is 16.4 Å². The van der Waals surface area contributed by atoms with Crippen molar-refractivity contribution in [2.75, 3.05) is 50.8 Å². The first-order valence-electron chi connectivity index (χ1n) is 7.81. The number of unbranched alkanes of at least 4 members (excludes halogenated alkanes) is 1. The van der Waals surface area contributed by atoms with Crippen LogP contribution >= 0.6 is 25.3 Å². The summed E-state index contributed by atoms with van der Waals surface area (Å²) in [5, 5.41) is 5.60. The molecular formula is C14H30N4O2S2. The van der Waals surface area contributed by atoms with Gasteiger partial charge in [-0.3, -0.25) is 9.59 Å². The molecule has 0 atom stereocenters. The number of nitrogens with zero attached hydrogens (tertiary/aromatic N) is 1. The standard InChI is InChI=1S/C14H30N4O2S2/c15-5-1-2-8-18(9-3-13(19)16-6-11-21)10-4-14(20)17-7-12-22/h21-22H,1-12,15H2,(H,16,19)(H,17,20). The molecule has 0 radical (unpaired) electrons. The fourth-order valence-electron chi connectivity index (χ4n) is 1.90. The van der Waals surface area contributed by atoms with E-state index in [0.717, 1.165) is 19.4 Å². The SMILES string of the molecule is NCCCCN(CCC(=O)NCCS)CCC(=O)NCCS. The van der Waals surface area contributed by atoms with E-state index in [4.69, 9.17) is 5.73 Å². The van der Waals surface area contributed by atoms with Gasteiger partial charge in [0.1, 0.15) is 0 Å². The van der Waals surface area contributed by atoms with Gasteiger partial charge in [0.25, 0.3) is 0 Å². The van der Waals surface area contributed by atoms with Crippen molar-refractivity contribution in [3.63, 3.8) is 0 Å². The fourth-order valence-corrected chi connectivity index (χ4v) is 2.13. The minimum atomic E-state index is 0.0254. The molecule has 0 aromatic heterocycles. The lowest BCUT2D eigenvalue weighted by molar-refractivity contribution is -0.121. The van der Waals surface area contributed by atoms with Crippen LogP contribution in [0, 0.1) is 0 Å². The Kier molecular flexibility index (Phi) is 15.1. The summed E-state index contributed by atoms with van der Waals surface area (Å²) in [6.45, 7) is 4.00. The second-order valence-corrected chi connectivity index (χ2v) is 5.88. The molecule has 8 heteroatoms. The summed E-state index contributed by atoms with van der Waals surface area (Å²) in [4.78, 5) is 25.4. The molecular weight excluding hydrogens is 320 g/mol. The zero-order valence-corrected chi connectivity index (χ0v) is 15.0. The Balaban J connectivity index is 4.07. The van der Waals surface area contributed by atoms with Crippen molar-refractivity contribution >= 4 is 37.1 Å². The maximum absolute atomic E-state index is 11.6. The van der Waals surface area contributed by atoms with Gasteiger partial charge in [-0.05, 0) is 25.9 Å². The van der Waals surface area contributed by atoms with Crippen LogP contribution in [0.5, 0.6) is 0 Å². The van der Waals surface area contributed by atoms with Crippen LogP contribution in [0.3, 0.4) is 0 Å². The average Bonchev–Trinajstić information content (AvgIpc) is 2.52. The van der Waals surface area contributed by atoms with Crippen molar-refractivity contribution in [3.05, 3.63) is 0 Å². The number of rotatable bonds is 14. The lowest BCUT2D eigenvalue weighted by atomic mass is 10.2. The van der Waals surface area contributed by atoms with Gasteiger partial charge in [-0.2, -0.15) is 25.3 Å². The number of carbonyl (C=O) groups excluding carboxylic acids is 2. The molecule has 130 valence electrons. The van der Waals surface area contributed by atoms with Crippen LogP contribution in [0.1, 0.15) is 25.7 Å². The van der Waals surface area contributed by atoms with Crippen LogP contribution in [0.25, 0.3) is 0 Å². The smallest absolute Gasteiger partial charge is 0.221 e. The van der Waals surface area contributed by atoms with Gasteiger partial charge >= 0.3 is 0 Å². The number of amides is 2. The number of thiol groups is 2. The van der Waals surface area contributed by atoms with E-state index in [1.165, 1.54) is 0 Å². The molecule has 0 aromatic rings. The molecule has 2 amide bonds. The van der Waals surface area contributed by atoms with E-state index in [1.54, 1.807) is 0 Å². The molecule has 22 heavy (non-hydrogen) atoms. The van der Waals surface area contributed by atoms with E-state index in [9.17, 15) is 9.59 Å². The topological polar surface area (TPSA) is 87.5 Å². The van der Waals surface area contributed by atoms with E-state index in [2.05, 4.69) is 40.8 Å². The maximum atomic E-state index is 11.6. The molecule has 0 saturated heterocycles. The van der Waals surface area contributed by atoms with Gasteiger partial charge < -0.3 is 21.3 Å². The second kappa shape index (κ2) is 15.5. The number of nitrogens with two attached hydrogens (primary N) is 1. The average molecular weight is 351 g/mol. The van der Waals surface area contributed by atoms with Crippen LogP contribution in [0.4, 0.5) is 0 Å². The van der Waals surface area contributed by atoms with Crippen molar-refractivity contribution in [1.29, 1.82) is 0 Å². The Bertz CT molecular complexity index is 283. The summed E-state index contributed by atoms with van der Waals surface area (Å²) in [5.41, 5.74) is 5.51. The predicted octanol–water partition coefficient (Wildman–Crippen LogP) is -0.100. The molecule has 0 rings (SSSR count). The molecule has 0 saturated carbocycles. The molecule has 0 aliphatic heterocycles. The number of nitrogens with one attached hydrogen (secondary N) is 2. The van der Waals surface area contributed by atoms with Crippen LogP contribution in [-0.2, 0) is 9.59 Å². The van der Waals surface area contributed by atoms with Gasteiger partial charge in [0.05, 0.1) is 0 Å². The first-order valence-corrected chi connectivity index (χ1v) is 9.08. The largest absolute Gasteiger partial charge is 0.355 e. The summed E-state index contributed by atoms with van der Waals surface area (Å²) in [6.07, 6.45) is 2.81. The highest BCUT2D eigenvalue weighted by Crippen LogP contribution is 1.99. The Morgan fingerprint density at radius 1 is 0.864 bits per heavy atom. The number of hydrogen-bond donors (Lipinski definition) is 5. The van der Waals surface area contributed by atoms with Crippen LogP contribution in [0.15, 0.2) is 0 Å². The highest BCUT2D eigenvalue weighted by molar-refractivity contribution is 7.80. The van der Waals surface area contributed by atoms with Gasteiger partial charge in [0.15, 0.2) is 0 Å². The zero-order valence-electron chi connectivity index (χ0n) is 13.2. The second-order valence-electron chi connectivity index (χ2n) is 4.98. The quantitative estimate of drug-likeness (QED) is 0.224. The van der Waals surface area contributed by atoms with Gasteiger partial charge in [0, 0.05) is 50.5 Å². The summed E-state index contributed by atoms with van der Waals surface area (Å²) in [5.74, 6) is 1.32. The van der Waals surface area contributed by atoms with E-state index < -0.39 is 0 Å². The van der Waals surface area contributed by atoms with Crippen LogP contribution in [-0.4, -0.2) is 67.5 Å². The van der Waals surface area contributed by atoms with Gasteiger partial charge in [-0.1, -0.05) is 0 Å². The van der Waals surface area contributed by atoms with Crippen molar-refractivity contribution in [3.8, 4) is 0 Å². The van der Waals surface area contributed by atoms with E-state index >= 15 is 0 Å².